The van der Waals surface area contributed by atoms with Crippen molar-refractivity contribution in [1.29, 1.82) is 0 Å². The molecule has 16 heavy (non-hydrogen) atoms. The van der Waals surface area contributed by atoms with Crippen molar-refractivity contribution in [3.8, 4) is 0 Å². The van der Waals surface area contributed by atoms with Gasteiger partial charge in [0.25, 0.3) is 7.82 Å². The van der Waals surface area contributed by atoms with Crippen molar-refractivity contribution in [1.82, 2.24) is 0 Å². The molecule has 0 fully saturated rings. The Kier molecular flexibility index (Phi) is 16.0. The second-order valence-corrected chi connectivity index (χ2v) is 4.94. The molecule has 0 bridgehead atoms. The third-order valence-corrected chi connectivity index (χ3v) is 2.99. The van der Waals surface area contributed by atoms with Crippen LogP contribution in [0.3, 0.4) is 0 Å². The van der Waals surface area contributed by atoms with Gasteiger partial charge in [-0.15, -0.1) is 0 Å². The normalized spacial score (nSPS) is 11.2. The van der Waals surface area contributed by atoms with E-state index in [4.69, 9.17) is 0 Å². The molecule has 0 saturated carbocycles. The van der Waals surface area contributed by atoms with Crippen LogP contribution in [0.5, 0.6) is 0 Å². The molecule has 95 valence electrons. The number of hydrogen-bond donors (Lipinski definition) is 0. The number of unbranched alkanes of at least 4 members (excludes halogenated alkanes) is 4. The predicted molar refractivity (Wildman–Crippen MR) is 58.6 cm³/mol. The molecule has 0 unspecified atom stereocenters. The van der Waals surface area contributed by atoms with Gasteiger partial charge >= 0.3 is 40.8 Å². The van der Waals surface area contributed by atoms with Gasteiger partial charge in [0.2, 0.25) is 0 Å². The SMILES string of the molecule is CCCCCOP(=O)([O-])OCCCCC.[Nd+]. The molecule has 0 aromatic heterocycles. The van der Waals surface area contributed by atoms with Crippen molar-refractivity contribution in [2.75, 3.05) is 13.2 Å². The Balaban J connectivity index is 0. The molecule has 6 heteroatoms. The average Bonchev–Trinajstić information content (AvgIpc) is 2.20. The van der Waals surface area contributed by atoms with Gasteiger partial charge in [-0.1, -0.05) is 39.5 Å². The van der Waals surface area contributed by atoms with Crippen molar-refractivity contribution < 1.29 is 59.3 Å². The fourth-order valence-corrected chi connectivity index (χ4v) is 1.87. The number of hydrogen-bond acceptors (Lipinski definition) is 4. The van der Waals surface area contributed by atoms with Gasteiger partial charge in [0.1, 0.15) is 0 Å². The molecule has 0 aliphatic rings. The molecule has 4 nitrogen and oxygen atoms in total. The Morgan fingerprint density at radius 1 is 0.938 bits per heavy atom. The van der Waals surface area contributed by atoms with Gasteiger partial charge in [0, 0.05) is 0 Å². The Hall–Kier alpha value is 1.46. The maximum Gasteiger partial charge on any atom is 1.00 e. The van der Waals surface area contributed by atoms with Gasteiger partial charge < -0.3 is 13.9 Å². The summed E-state index contributed by atoms with van der Waals surface area (Å²) in [5.41, 5.74) is 0. The third kappa shape index (κ3) is 13.5. The van der Waals surface area contributed by atoms with Gasteiger partial charge in [-0.3, -0.25) is 4.57 Å². The molecular weight excluding hydrogens is 359 g/mol. The predicted octanol–water partition coefficient (Wildman–Crippen LogP) is 2.87. The Morgan fingerprint density at radius 3 is 1.62 bits per heavy atom. The van der Waals surface area contributed by atoms with E-state index in [2.05, 4.69) is 22.9 Å². The largest absolute Gasteiger partial charge is 1.00 e. The summed E-state index contributed by atoms with van der Waals surface area (Å²) in [6.07, 6.45) is 5.58. The van der Waals surface area contributed by atoms with Gasteiger partial charge in [0.05, 0.1) is 13.2 Å². The maximum absolute atomic E-state index is 11.1. The van der Waals surface area contributed by atoms with Crippen molar-refractivity contribution in [2.45, 2.75) is 52.4 Å². The standard InChI is InChI=1S/C10H23O4P.Nd/c1-3-5-7-9-13-15(11,12)14-10-8-6-4-2;/h3-10H2,1-2H3,(H,11,12);/q;+1/p-1. The second-order valence-electron chi connectivity index (χ2n) is 3.53. The molecular formula is C10H22NdO4P. The van der Waals surface area contributed by atoms with E-state index < -0.39 is 7.82 Å². The Morgan fingerprint density at radius 2 is 1.31 bits per heavy atom. The van der Waals surface area contributed by atoms with E-state index in [9.17, 15) is 9.46 Å². The van der Waals surface area contributed by atoms with Crippen LogP contribution >= 0.6 is 7.82 Å². The average molecular weight is 381 g/mol. The summed E-state index contributed by atoms with van der Waals surface area (Å²) < 4.78 is 20.5. The summed E-state index contributed by atoms with van der Waals surface area (Å²) in [4.78, 5) is 11.1. The summed E-state index contributed by atoms with van der Waals surface area (Å²) in [6, 6.07) is 0. The quantitative estimate of drug-likeness (QED) is 0.431. The van der Waals surface area contributed by atoms with E-state index in [1.807, 2.05) is 0 Å². The van der Waals surface area contributed by atoms with Gasteiger partial charge in [-0.05, 0) is 12.8 Å². The first-order chi connectivity index (χ1) is 7.12. The van der Waals surface area contributed by atoms with E-state index in [1.54, 1.807) is 0 Å². The van der Waals surface area contributed by atoms with Crippen molar-refractivity contribution >= 4 is 7.82 Å². The summed E-state index contributed by atoms with van der Waals surface area (Å²) in [5.74, 6) is 0. The first kappa shape index (κ1) is 19.8. The Labute approximate surface area is 132 Å². The van der Waals surface area contributed by atoms with Crippen LogP contribution in [0.2, 0.25) is 0 Å². The van der Waals surface area contributed by atoms with Crippen LogP contribution in [0, 0.1) is 40.8 Å². The van der Waals surface area contributed by atoms with Gasteiger partial charge in [0.15, 0.2) is 0 Å². The van der Waals surface area contributed by atoms with Gasteiger partial charge in [-0.25, -0.2) is 0 Å². The summed E-state index contributed by atoms with van der Waals surface area (Å²) in [6.45, 7) is 4.58. The minimum absolute atomic E-state index is 0. The van der Waals surface area contributed by atoms with Gasteiger partial charge in [-0.2, -0.15) is 0 Å². The summed E-state index contributed by atoms with van der Waals surface area (Å²) in [7, 11) is -4.02. The van der Waals surface area contributed by atoms with Crippen LogP contribution in [-0.2, 0) is 13.6 Å². The molecule has 0 heterocycles. The smallest absolute Gasteiger partial charge is 0.756 e. The third-order valence-electron chi connectivity index (χ3n) is 1.99. The fourth-order valence-electron chi connectivity index (χ4n) is 1.09. The number of phosphoric acid groups is 1. The zero-order chi connectivity index (χ0) is 11.6. The van der Waals surface area contributed by atoms with Crippen molar-refractivity contribution in [3.05, 3.63) is 0 Å². The zero-order valence-electron chi connectivity index (χ0n) is 10.2. The summed E-state index contributed by atoms with van der Waals surface area (Å²) >= 11 is 0. The van der Waals surface area contributed by atoms with E-state index in [-0.39, 0.29) is 54.1 Å². The first-order valence-corrected chi connectivity index (χ1v) is 7.18. The molecule has 0 aromatic carbocycles. The molecule has 1 radical (unpaired) electrons. The van der Waals surface area contributed by atoms with Crippen LogP contribution in [0.4, 0.5) is 0 Å². The minimum atomic E-state index is -4.02. The number of phosphoric ester groups is 1. The van der Waals surface area contributed by atoms with Crippen molar-refractivity contribution in [3.63, 3.8) is 0 Å². The number of rotatable bonds is 10. The monoisotopic (exact) mass is 379 g/mol. The molecule has 0 aromatic rings. The topological polar surface area (TPSA) is 58.6 Å². The maximum atomic E-state index is 11.1. The van der Waals surface area contributed by atoms with Crippen LogP contribution in [0.1, 0.15) is 52.4 Å². The molecule has 0 spiro atoms. The van der Waals surface area contributed by atoms with E-state index in [0.29, 0.717) is 0 Å². The van der Waals surface area contributed by atoms with Crippen LogP contribution in [0.15, 0.2) is 0 Å². The van der Waals surface area contributed by atoms with Crippen LogP contribution in [-0.4, -0.2) is 13.2 Å². The molecule has 0 N–H and O–H groups in total. The summed E-state index contributed by atoms with van der Waals surface area (Å²) in [5, 5.41) is 0. The van der Waals surface area contributed by atoms with Crippen LogP contribution < -0.4 is 4.89 Å². The Bertz CT molecular complexity index is 174. The second kappa shape index (κ2) is 12.9. The minimum Gasteiger partial charge on any atom is -0.756 e. The molecule has 0 atom stereocenters. The van der Waals surface area contributed by atoms with Crippen LogP contribution in [0.25, 0.3) is 0 Å². The molecule has 0 amide bonds. The molecule has 0 aliphatic heterocycles. The van der Waals surface area contributed by atoms with E-state index >= 15 is 0 Å². The fraction of sp³-hybridized carbons (Fsp3) is 1.00. The molecule has 0 aliphatic carbocycles. The first-order valence-electron chi connectivity index (χ1n) is 5.72. The zero-order valence-corrected chi connectivity index (χ0v) is 14.3. The van der Waals surface area contributed by atoms with E-state index in [0.717, 1.165) is 38.5 Å². The molecule has 0 saturated heterocycles. The van der Waals surface area contributed by atoms with E-state index in [1.165, 1.54) is 0 Å². The van der Waals surface area contributed by atoms with Crippen molar-refractivity contribution in [2.24, 2.45) is 0 Å². The molecule has 0 rings (SSSR count).